The largest absolute Gasteiger partial charge is 0.478 e. The van der Waals surface area contributed by atoms with Gasteiger partial charge in [0.05, 0.1) is 16.6 Å². The Balaban J connectivity index is 1.88. The summed E-state index contributed by atoms with van der Waals surface area (Å²) in [4.78, 5) is 15.9. The van der Waals surface area contributed by atoms with E-state index in [2.05, 4.69) is 4.98 Å². The molecule has 138 valence electrons. The van der Waals surface area contributed by atoms with Crippen molar-refractivity contribution in [2.24, 2.45) is 0 Å². The van der Waals surface area contributed by atoms with Gasteiger partial charge in [0.2, 0.25) is 0 Å². The Morgan fingerprint density at radius 2 is 1.75 bits per heavy atom. The lowest BCUT2D eigenvalue weighted by Crippen LogP contribution is -1.98. The van der Waals surface area contributed by atoms with Gasteiger partial charge in [-0.25, -0.2) is 9.78 Å². The first-order valence-electron chi connectivity index (χ1n) is 8.47. The standard InChI is InChI=1S/C22H14Cl2N2O2/c23-16-9-6-14(18(24)13-16)8-11-21-25-19-12-15(22(27)28)7-10-20(19)26(21)17-4-2-1-3-5-17/h1-13H,(H,27,28)/b11-8+. The number of hydrogen-bond donors (Lipinski definition) is 1. The fraction of sp³-hybridized carbons (Fsp3) is 0. The van der Waals surface area contributed by atoms with E-state index in [4.69, 9.17) is 23.2 Å². The summed E-state index contributed by atoms with van der Waals surface area (Å²) in [5, 5.41) is 10.4. The zero-order chi connectivity index (χ0) is 19.7. The van der Waals surface area contributed by atoms with Gasteiger partial charge in [-0.15, -0.1) is 0 Å². The first-order chi connectivity index (χ1) is 13.5. The predicted molar refractivity (Wildman–Crippen MR) is 113 cm³/mol. The molecule has 0 unspecified atom stereocenters. The highest BCUT2D eigenvalue weighted by atomic mass is 35.5. The number of para-hydroxylation sites is 1. The molecule has 28 heavy (non-hydrogen) atoms. The number of carbonyl (C=O) groups is 1. The molecule has 0 fully saturated rings. The molecule has 3 aromatic carbocycles. The summed E-state index contributed by atoms with van der Waals surface area (Å²) in [6, 6.07) is 20.0. The number of rotatable bonds is 4. The molecule has 0 aliphatic heterocycles. The van der Waals surface area contributed by atoms with Crippen LogP contribution in [0.2, 0.25) is 10.0 Å². The molecule has 0 saturated heterocycles. The maximum atomic E-state index is 11.3. The summed E-state index contributed by atoms with van der Waals surface area (Å²) in [5.41, 5.74) is 3.35. The van der Waals surface area contributed by atoms with E-state index in [9.17, 15) is 9.90 Å². The molecule has 0 aliphatic carbocycles. The second kappa shape index (κ2) is 7.50. The van der Waals surface area contributed by atoms with Gasteiger partial charge < -0.3 is 5.11 Å². The van der Waals surface area contributed by atoms with Crippen molar-refractivity contribution in [2.45, 2.75) is 0 Å². The molecule has 1 aromatic heterocycles. The summed E-state index contributed by atoms with van der Waals surface area (Å²) in [7, 11) is 0. The number of halogens is 2. The summed E-state index contributed by atoms with van der Waals surface area (Å²) in [5.74, 6) is -0.323. The van der Waals surface area contributed by atoms with Crippen LogP contribution in [-0.2, 0) is 0 Å². The Hall–Kier alpha value is -3.08. The number of fused-ring (bicyclic) bond motifs is 1. The molecule has 0 aliphatic rings. The van der Waals surface area contributed by atoms with Crippen molar-refractivity contribution in [1.29, 1.82) is 0 Å². The predicted octanol–water partition coefficient (Wildman–Crippen LogP) is 6.20. The van der Waals surface area contributed by atoms with Gasteiger partial charge in [-0.2, -0.15) is 0 Å². The molecule has 0 amide bonds. The number of hydrogen-bond acceptors (Lipinski definition) is 2. The second-order valence-electron chi connectivity index (χ2n) is 6.15. The van der Waals surface area contributed by atoms with E-state index in [1.54, 1.807) is 30.3 Å². The number of carboxylic acids is 1. The van der Waals surface area contributed by atoms with Gasteiger partial charge in [0.25, 0.3) is 0 Å². The highest BCUT2D eigenvalue weighted by molar-refractivity contribution is 6.35. The first kappa shape index (κ1) is 18.3. The number of benzene rings is 3. The minimum absolute atomic E-state index is 0.196. The maximum Gasteiger partial charge on any atom is 0.335 e. The molecular formula is C22H14Cl2N2O2. The van der Waals surface area contributed by atoms with Crippen molar-refractivity contribution in [2.75, 3.05) is 0 Å². The van der Waals surface area contributed by atoms with Crippen LogP contribution in [0.3, 0.4) is 0 Å². The normalized spacial score (nSPS) is 11.4. The van der Waals surface area contributed by atoms with Crippen molar-refractivity contribution >= 4 is 52.4 Å². The van der Waals surface area contributed by atoms with Crippen LogP contribution in [0.4, 0.5) is 0 Å². The number of nitrogens with zero attached hydrogens (tertiary/aromatic N) is 2. The molecule has 0 bridgehead atoms. The van der Waals surface area contributed by atoms with Gasteiger partial charge >= 0.3 is 5.97 Å². The fourth-order valence-electron chi connectivity index (χ4n) is 2.99. The Morgan fingerprint density at radius 3 is 2.46 bits per heavy atom. The zero-order valence-electron chi connectivity index (χ0n) is 14.5. The van der Waals surface area contributed by atoms with E-state index in [0.717, 1.165) is 16.8 Å². The Labute approximate surface area is 171 Å². The van der Waals surface area contributed by atoms with Crippen LogP contribution in [-0.4, -0.2) is 20.6 Å². The minimum atomic E-state index is -0.985. The molecular weight excluding hydrogens is 395 g/mol. The first-order valence-corrected chi connectivity index (χ1v) is 9.23. The lowest BCUT2D eigenvalue weighted by Gasteiger charge is -2.07. The van der Waals surface area contributed by atoms with Crippen LogP contribution in [0.5, 0.6) is 0 Å². The van der Waals surface area contributed by atoms with Gasteiger partial charge in [0.1, 0.15) is 5.82 Å². The highest BCUT2D eigenvalue weighted by Crippen LogP contribution is 2.26. The highest BCUT2D eigenvalue weighted by Gasteiger charge is 2.13. The molecule has 4 rings (SSSR count). The van der Waals surface area contributed by atoms with Gasteiger partial charge in [0.15, 0.2) is 0 Å². The molecule has 0 radical (unpaired) electrons. The van der Waals surface area contributed by atoms with E-state index in [0.29, 0.717) is 21.4 Å². The topological polar surface area (TPSA) is 55.1 Å². The molecule has 4 nitrogen and oxygen atoms in total. The molecule has 6 heteroatoms. The third-order valence-corrected chi connectivity index (χ3v) is 4.88. The van der Waals surface area contributed by atoms with E-state index in [1.165, 1.54) is 0 Å². The van der Waals surface area contributed by atoms with Crippen molar-refractivity contribution < 1.29 is 9.90 Å². The van der Waals surface area contributed by atoms with Crippen LogP contribution in [0.25, 0.3) is 28.9 Å². The van der Waals surface area contributed by atoms with Gasteiger partial charge in [-0.05, 0) is 60.2 Å². The van der Waals surface area contributed by atoms with Crippen molar-refractivity contribution in [3.63, 3.8) is 0 Å². The van der Waals surface area contributed by atoms with Crippen molar-refractivity contribution in [3.8, 4) is 5.69 Å². The van der Waals surface area contributed by atoms with Crippen LogP contribution >= 0.6 is 23.2 Å². The van der Waals surface area contributed by atoms with Gasteiger partial charge in [-0.3, -0.25) is 4.57 Å². The number of carboxylic acid groups (broad SMARTS) is 1. The zero-order valence-corrected chi connectivity index (χ0v) is 16.0. The lowest BCUT2D eigenvalue weighted by atomic mass is 10.2. The Morgan fingerprint density at radius 1 is 0.964 bits per heavy atom. The van der Waals surface area contributed by atoms with Crippen molar-refractivity contribution in [3.05, 3.63) is 93.7 Å². The number of aromatic nitrogens is 2. The average Bonchev–Trinajstić information content (AvgIpc) is 3.05. The summed E-state index contributed by atoms with van der Waals surface area (Å²) >= 11 is 12.2. The molecule has 1 heterocycles. The molecule has 0 saturated carbocycles. The Bertz CT molecular complexity index is 1210. The fourth-order valence-corrected chi connectivity index (χ4v) is 3.46. The summed E-state index contributed by atoms with van der Waals surface area (Å²) < 4.78 is 1.97. The maximum absolute atomic E-state index is 11.3. The third kappa shape index (κ3) is 3.52. The lowest BCUT2D eigenvalue weighted by molar-refractivity contribution is 0.0697. The third-order valence-electron chi connectivity index (χ3n) is 4.32. The Kier molecular flexibility index (Phi) is 4.90. The van der Waals surface area contributed by atoms with Gasteiger partial charge in [0, 0.05) is 15.7 Å². The molecule has 4 aromatic rings. The quantitative estimate of drug-likeness (QED) is 0.437. The van der Waals surface area contributed by atoms with Crippen LogP contribution < -0.4 is 0 Å². The van der Waals surface area contributed by atoms with Gasteiger partial charge in [-0.1, -0.05) is 47.5 Å². The van der Waals surface area contributed by atoms with Crippen LogP contribution in [0.15, 0.2) is 66.7 Å². The molecule has 0 atom stereocenters. The monoisotopic (exact) mass is 408 g/mol. The second-order valence-corrected chi connectivity index (χ2v) is 6.99. The van der Waals surface area contributed by atoms with E-state index in [-0.39, 0.29) is 5.56 Å². The number of imidazole rings is 1. The van der Waals surface area contributed by atoms with Crippen LogP contribution in [0.1, 0.15) is 21.7 Å². The molecule has 1 N–H and O–H groups in total. The molecule has 0 spiro atoms. The van der Waals surface area contributed by atoms with E-state index in [1.807, 2.05) is 53.1 Å². The van der Waals surface area contributed by atoms with E-state index < -0.39 is 5.97 Å². The SMILES string of the molecule is O=C(O)c1ccc2c(c1)nc(/C=C/c1ccc(Cl)cc1Cl)n2-c1ccccc1. The minimum Gasteiger partial charge on any atom is -0.478 e. The van der Waals surface area contributed by atoms with E-state index >= 15 is 0 Å². The van der Waals surface area contributed by atoms with Crippen LogP contribution in [0, 0.1) is 0 Å². The smallest absolute Gasteiger partial charge is 0.335 e. The summed E-state index contributed by atoms with van der Waals surface area (Å²) in [6.45, 7) is 0. The number of aromatic carboxylic acids is 1. The summed E-state index contributed by atoms with van der Waals surface area (Å²) in [6.07, 6.45) is 3.71. The van der Waals surface area contributed by atoms with Crippen molar-refractivity contribution in [1.82, 2.24) is 9.55 Å². The average molecular weight is 409 g/mol.